The third-order valence-electron chi connectivity index (χ3n) is 1.31. The number of ketones is 1. The van der Waals surface area contributed by atoms with E-state index in [1.165, 1.54) is 6.20 Å². The molecule has 0 amide bonds. The molecule has 12 heavy (non-hydrogen) atoms. The van der Waals surface area contributed by atoms with Crippen molar-refractivity contribution >= 4 is 17.4 Å². The Hall–Kier alpha value is -1.33. The number of Topliss-reactive ketones (excluding diaryl/α,β-unsaturated/α-hetero) is 1. The molecule has 1 aromatic heterocycles. The maximum Gasteiger partial charge on any atom is 0.176 e. The van der Waals surface area contributed by atoms with Crippen molar-refractivity contribution in [2.75, 3.05) is 0 Å². The van der Waals surface area contributed by atoms with E-state index >= 15 is 0 Å². The Labute approximate surface area is 75.6 Å². The molecular weight excluding hydrogens is 174 g/mol. The number of rotatable bonds is 2. The fraction of sp³-hybridized carbons (Fsp3) is 0.111. The van der Waals surface area contributed by atoms with Crippen LogP contribution in [-0.2, 0) is 0 Å². The molecule has 0 radical (unpaired) electrons. The molecule has 1 heterocycles. The highest BCUT2D eigenvalue weighted by Crippen LogP contribution is 2.06. The zero-order chi connectivity index (χ0) is 8.97. The number of carbonyl (C=O) groups excluding carboxylic acids is 1. The molecule has 0 unspecified atom stereocenters. The first kappa shape index (κ1) is 8.76. The summed E-state index contributed by atoms with van der Waals surface area (Å²) in [6, 6.07) is 3.17. The van der Waals surface area contributed by atoms with Crippen LogP contribution in [0.5, 0.6) is 0 Å². The Kier molecular flexibility index (Phi) is 2.84. The lowest BCUT2D eigenvalue weighted by atomic mass is 10.1. The largest absolute Gasteiger partial charge is 0.293 e. The van der Waals surface area contributed by atoms with Crippen molar-refractivity contribution < 1.29 is 4.79 Å². The van der Waals surface area contributed by atoms with Crippen molar-refractivity contribution in [1.29, 1.82) is 0 Å². The Morgan fingerprint density at radius 3 is 2.92 bits per heavy atom. The van der Waals surface area contributed by atoms with E-state index in [9.17, 15) is 4.79 Å². The molecule has 1 aromatic rings. The van der Waals surface area contributed by atoms with Gasteiger partial charge in [0.15, 0.2) is 5.78 Å². The Balaban J connectivity index is 2.84. The van der Waals surface area contributed by atoms with Gasteiger partial charge in [-0.15, -0.1) is 6.42 Å². The van der Waals surface area contributed by atoms with Crippen molar-refractivity contribution in [1.82, 2.24) is 4.98 Å². The SMILES string of the molecule is C#CCC(=O)c1ccc(Cl)nc1. The Bertz CT molecular complexity index is 323. The molecule has 0 bridgehead atoms. The molecule has 0 saturated heterocycles. The molecule has 0 fully saturated rings. The van der Waals surface area contributed by atoms with E-state index in [1.54, 1.807) is 12.1 Å². The summed E-state index contributed by atoms with van der Waals surface area (Å²) >= 11 is 5.53. The van der Waals surface area contributed by atoms with Crippen molar-refractivity contribution in [2.45, 2.75) is 6.42 Å². The van der Waals surface area contributed by atoms with Gasteiger partial charge in [0.1, 0.15) is 5.15 Å². The van der Waals surface area contributed by atoms with Crippen molar-refractivity contribution in [3.63, 3.8) is 0 Å². The lowest BCUT2D eigenvalue weighted by Gasteiger charge is -1.94. The number of hydrogen-bond donors (Lipinski definition) is 0. The number of pyridine rings is 1. The minimum Gasteiger partial charge on any atom is -0.293 e. The summed E-state index contributed by atoms with van der Waals surface area (Å²) in [5.41, 5.74) is 0.498. The maximum atomic E-state index is 11.1. The van der Waals surface area contributed by atoms with E-state index in [0.29, 0.717) is 10.7 Å². The number of nitrogens with zero attached hydrogens (tertiary/aromatic N) is 1. The van der Waals surface area contributed by atoms with Crippen molar-refractivity contribution in [2.24, 2.45) is 0 Å². The van der Waals surface area contributed by atoms with Crippen LogP contribution < -0.4 is 0 Å². The minimum absolute atomic E-state index is 0.101. The highest BCUT2D eigenvalue weighted by Gasteiger charge is 2.03. The molecule has 2 nitrogen and oxygen atoms in total. The molecule has 60 valence electrons. The summed E-state index contributed by atoms with van der Waals surface area (Å²) < 4.78 is 0. The van der Waals surface area contributed by atoms with Crippen LogP contribution >= 0.6 is 11.6 Å². The van der Waals surface area contributed by atoms with Gasteiger partial charge >= 0.3 is 0 Å². The number of hydrogen-bond acceptors (Lipinski definition) is 2. The molecule has 0 aliphatic carbocycles. The van der Waals surface area contributed by atoms with Gasteiger partial charge in [0.25, 0.3) is 0 Å². The summed E-state index contributed by atoms with van der Waals surface area (Å²) in [4.78, 5) is 14.9. The first-order valence-corrected chi connectivity index (χ1v) is 3.70. The monoisotopic (exact) mass is 179 g/mol. The molecule has 3 heteroatoms. The summed E-state index contributed by atoms with van der Waals surface area (Å²) in [5, 5.41) is 0.368. The van der Waals surface area contributed by atoms with Gasteiger partial charge in [-0.25, -0.2) is 4.98 Å². The van der Waals surface area contributed by atoms with Gasteiger partial charge in [-0.2, -0.15) is 0 Å². The highest BCUT2D eigenvalue weighted by atomic mass is 35.5. The van der Waals surface area contributed by atoms with Gasteiger partial charge in [0.05, 0.1) is 6.42 Å². The molecule has 0 spiro atoms. The minimum atomic E-state index is -0.110. The number of halogens is 1. The van der Waals surface area contributed by atoms with E-state index in [2.05, 4.69) is 10.9 Å². The molecule has 0 atom stereocenters. The molecule has 0 aromatic carbocycles. The second kappa shape index (κ2) is 3.89. The maximum absolute atomic E-state index is 11.1. The van der Waals surface area contributed by atoms with Crippen molar-refractivity contribution in [3.05, 3.63) is 29.0 Å². The summed E-state index contributed by atoms with van der Waals surface area (Å²) in [5.74, 6) is 2.16. The second-order valence-corrected chi connectivity index (χ2v) is 2.56. The van der Waals surface area contributed by atoms with E-state index in [4.69, 9.17) is 18.0 Å². The molecular formula is C9H6ClNO. The quantitative estimate of drug-likeness (QED) is 0.395. The zero-order valence-electron chi connectivity index (χ0n) is 6.25. The second-order valence-electron chi connectivity index (χ2n) is 2.17. The van der Waals surface area contributed by atoms with Crippen LogP contribution in [0.3, 0.4) is 0 Å². The number of aromatic nitrogens is 1. The van der Waals surface area contributed by atoms with Crippen LogP contribution in [-0.4, -0.2) is 10.8 Å². The molecule has 1 rings (SSSR count). The third kappa shape index (κ3) is 2.08. The predicted octanol–water partition coefficient (Wildman–Crippen LogP) is 1.94. The van der Waals surface area contributed by atoms with E-state index in [1.807, 2.05) is 0 Å². The van der Waals surface area contributed by atoms with Crippen LogP contribution in [0.25, 0.3) is 0 Å². The standard InChI is InChI=1S/C9H6ClNO/c1-2-3-8(12)7-4-5-9(10)11-6-7/h1,4-6H,3H2. The van der Waals surface area contributed by atoms with Gasteiger partial charge in [-0.3, -0.25) is 4.79 Å². The number of carbonyl (C=O) groups is 1. The van der Waals surface area contributed by atoms with Crippen LogP contribution in [0, 0.1) is 12.3 Å². The van der Waals surface area contributed by atoms with E-state index in [-0.39, 0.29) is 12.2 Å². The first-order chi connectivity index (χ1) is 5.74. The molecule has 0 aliphatic heterocycles. The summed E-state index contributed by atoms with van der Waals surface area (Å²) in [7, 11) is 0. The van der Waals surface area contributed by atoms with Gasteiger partial charge in [-0.1, -0.05) is 17.5 Å². The van der Waals surface area contributed by atoms with Crippen molar-refractivity contribution in [3.8, 4) is 12.3 Å². The Morgan fingerprint density at radius 2 is 2.42 bits per heavy atom. The summed E-state index contributed by atoms with van der Waals surface area (Å²) in [6.45, 7) is 0. The fourth-order valence-corrected chi connectivity index (χ4v) is 0.847. The van der Waals surface area contributed by atoms with Crippen LogP contribution in [0.2, 0.25) is 5.15 Å². The average molecular weight is 180 g/mol. The normalized spacial score (nSPS) is 9.00. The van der Waals surface area contributed by atoms with E-state index in [0.717, 1.165) is 0 Å². The lowest BCUT2D eigenvalue weighted by molar-refractivity contribution is 0.0998. The topological polar surface area (TPSA) is 30.0 Å². The zero-order valence-corrected chi connectivity index (χ0v) is 7.01. The lowest BCUT2D eigenvalue weighted by Crippen LogP contribution is -1.97. The van der Waals surface area contributed by atoms with Crippen LogP contribution in [0.1, 0.15) is 16.8 Å². The predicted molar refractivity (Wildman–Crippen MR) is 47.0 cm³/mol. The molecule has 0 aliphatic rings. The molecule has 0 N–H and O–H groups in total. The third-order valence-corrected chi connectivity index (χ3v) is 1.54. The average Bonchev–Trinajstić information content (AvgIpc) is 2.06. The van der Waals surface area contributed by atoms with Crippen LogP contribution in [0.4, 0.5) is 0 Å². The van der Waals surface area contributed by atoms with E-state index < -0.39 is 0 Å². The van der Waals surface area contributed by atoms with Gasteiger partial charge in [0, 0.05) is 11.8 Å². The van der Waals surface area contributed by atoms with Gasteiger partial charge < -0.3 is 0 Å². The van der Waals surface area contributed by atoms with Crippen LogP contribution in [0.15, 0.2) is 18.3 Å². The summed E-state index contributed by atoms with van der Waals surface area (Å²) in [6.07, 6.45) is 6.50. The smallest absolute Gasteiger partial charge is 0.176 e. The first-order valence-electron chi connectivity index (χ1n) is 3.32. The van der Waals surface area contributed by atoms with Gasteiger partial charge in [-0.05, 0) is 12.1 Å². The van der Waals surface area contributed by atoms with Gasteiger partial charge in [0.2, 0.25) is 0 Å². The fourth-order valence-electron chi connectivity index (χ4n) is 0.736. The number of terminal acetylenes is 1. The molecule has 0 saturated carbocycles. The Morgan fingerprint density at radius 1 is 1.67 bits per heavy atom. The highest BCUT2D eigenvalue weighted by molar-refractivity contribution is 6.29.